The predicted molar refractivity (Wildman–Crippen MR) is 103 cm³/mol. The summed E-state index contributed by atoms with van der Waals surface area (Å²) in [5.74, 6) is -0.366. The van der Waals surface area contributed by atoms with E-state index in [4.69, 9.17) is 5.73 Å². The number of fused-ring (bicyclic) bond motifs is 1. The number of aromatic nitrogens is 2. The van der Waals surface area contributed by atoms with E-state index in [0.29, 0.717) is 0 Å². The van der Waals surface area contributed by atoms with Crippen molar-refractivity contribution >= 4 is 16.8 Å². The molecule has 2 N–H and O–H groups in total. The Bertz CT molecular complexity index is 950. The minimum absolute atomic E-state index is 0.0600. The zero-order chi connectivity index (χ0) is 18.8. The van der Waals surface area contributed by atoms with Crippen molar-refractivity contribution in [1.29, 1.82) is 0 Å². The zero-order valence-electron chi connectivity index (χ0n) is 15.1. The number of likely N-dealkylation sites (tertiary alicyclic amines) is 1. The number of amides is 1. The molecule has 5 nitrogen and oxygen atoms in total. The number of halogens is 1. The molecular weight excluding hydrogens is 343 g/mol. The molecule has 1 aromatic heterocycles. The Morgan fingerprint density at radius 1 is 1.22 bits per heavy atom. The van der Waals surface area contributed by atoms with Gasteiger partial charge in [0.15, 0.2) is 0 Å². The number of hydrogen-bond donors (Lipinski definition) is 1. The number of carbonyl (C=O) groups is 1. The Labute approximate surface area is 157 Å². The topological polar surface area (TPSA) is 64.2 Å². The van der Waals surface area contributed by atoms with E-state index in [1.807, 2.05) is 41.2 Å². The van der Waals surface area contributed by atoms with Gasteiger partial charge in [0.1, 0.15) is 6.67 Å². The van der Waals surface area contributed by atoms with E-state index in [-0.39, 0.29) is 25.0 Å². The summed E-state index contributed by atoms with van der Waals surface area (Å²) in [5, 5.41) is 5.62. The van der Waals surface area contributed by atoms with Crippen molar-refractivity contribution in [2.24, 2.45) is 5.73 Å². The largest absolute Gasteiger partial charge is 0.369 e. The van der Waals surface area contributed by atoms with Crippen molar-refractivity contribution in [3.05, 3.63) is 59.8 Å². The SMILES string of the molecule is NC(=O)Cc1cccc2cn(-c3ccc(CN4CCC[C@@H]4CF)cc3)nc12. The molecule has 27 heavy (non-hydrogen) atoms. The van der Waals surface area contributed by atoms with E-state index in [0.717, 1.165) is 48.1 Å². The quantitative estimate of drug-likeness (QED) is 0.729. The molecule has 0 bridgehead atoms. The third-order valence-electron chi connectivity index (χ3n) is 5.25. The van der Waals surface area contributed by atoms with Crippen LogP contribution in [0.5, 0.6) is 0 Å². The van der Waals surface area contributed by atoms with Crippen molar-refractivity contribution in [3.63, 3.8) is 0 Å². The average molecular weight is 366 g/mol. The van der Waals surface area contributed by atoms with Crippen LogP contribution in [0.2, 0.25) is 0 Å². The van der Waals surface area contributed by atoms with E-state index in [9.17, 15) is 9.18 Å². The third-order valence-corrected chi connectivity index (χ3v) is 5.25. The molecule has 0 unspecified atom stereocenters. The Balaban J connectivity index is 1.56. The first-order chi connectivity index (χ1) is 13.1. The molecule has 0 spiro atoms. The summed E-state index contributed by atoms with van der Waals surface area (Å²) in [6, 6.07) is 14.0. The number of rotatable bonds is 6. The molecule has 2 aromatic carbocycles. The molecule has 1 aliphatic rings. The average Bonchev–Trinajstić information content (AvgIpc) is 3.29. The maximum Gasteiger partial charge on any atom is 0.221 e. The van der Waals surface area contributed by atoms with Gasteiger partial charge in [-0.15, -0.1) is 0 Å². The highest BCUT2D eigenvalue weighted by Crippen LogP contribution is 2.22. The molecule has 3 aromatic rings. The van der Waals surface area contributed by atoms with Gasteiger partial charge in [-0.05, 0) is 42.6 Å². The molecule has 0 radical (unpaired) electrons. The van der Waals surface area contributed by atoms with Gasteiger partial charge in [0.05, 0.1) is 17.6 Å². The minimum Gasteiger partial charge on any atom is -0.369 e. The molecule has 1 amide bonds. The van der Waals surface area contributed by atoms with Crippen molar-refractivity contribution < 1.29 is 9.18 Å². The van der Waals surface area contributed by atoms with Crippen molar-refractivity contribution in [1.82, 2.24) is 14.7 Å². The highest BCUT2D eigenvalue weighted by molar-refractivity contribution is 5.87. The lowest BCUT2D eigenvalue weighted by atomic mass is 10.1. The van der Waals surface area contributed by atoms with Crippen LogP contribution in [0.4, 0.5) is 4.39 Å². The zero-order valence-corrected chi connectivity index (χ0v) is 15.1. The van der Waals surface area contributed by atoms with Crippen LogP contribution >= 0.6 is 0 Å². The first-order valence-electron chi connectivity index (χ1n) is 9.29. The maximum absolute atomic E-state index is 13.1. The molecule has 1 fully saturated rings. The van der Waals surface area contributed by atoms with Crippen LogP contribution in [-0.2, 0) is 17.8 Å². The molecule has 4 rings (SSSR count). The first kappa shape index (κ1) is 17.7. The number of hydrogen-bond acceptors (Lipinski definition) is 3. The third kappa shape index (κ3) is 3.71. The second-order valence-corrected chi connectivity index (χ2v) is 7.16. The molecule has 1 aliphatic heterocycles. The number of alkyl halides is 1. The van der Waals surface area contributed by atoms with Gasteiger partial charge in [0.25, 0.3) is 0 Å². The van der Waals surface area contributed by atoms with Gasteiger partial charge >= 0.3 is 0 Å². The minimum atomic E-state index is -0.366. The van der Waals surface area contributed by atoms with Crippen LogP contribution < -0.4 is 5.73 Å². The van der Waals surface area contributed by atoms with Gasteiger partial charge in [-0.25, -0.2) is 9.07 Å². The van der Waals surface area contributed by atoms with Crippen molar-refractivity contribution in [2.75, 3.05) is 13.2 Å². The summed E-state index contributed by atoms with van der Waals surface area (Å²) in [7, 11) is 0. The molecule has 0 aliphatic carbocycles. The van der Waals surface area contributed by atoms with Gasteiger partial charge in [0, 0.05) is 24.2 Å². The maximum atomic E-state index is 13.1. The molecule has 2 heterocycles. The number of benzene rings is 2. The molecule has 0 saturated carbocycles. The van der Waals surface area contributed by atoms with E-state index < -0.39 is 0 Å². The Kier molecular flexibility index (Phi) is 4.90. The summed E-state index contributed by atoms with van der Waals surface area (Å²) < 4.78 is 14.9. The Morgan fingerprint density at radius 3 is 2.78 bits per heavy atom. The standard InChI is InChI=1S/C21H23FN4O/c22-12-19-5-2-10-25(19)13-15-6-8-18(9-7-15)26-14-17-4-1-3-16(11-20(23)27)21(17)24-26/h1,3-4,6-9,14,19H,2,5,10-13H2,(H2,23,27)/t19-/m1/s1. The van der Waals surface area contributed by atoms with E-state index >= 15 is 0 Å². The summed E-state index contributed by atoms with van der Waals surface area (Å²) in [6.07, 6.45) is 4.15. The fourth-order valence-electron chi connectivity index (χ4n) is 3.83. The summed E-state index contributed by atoms with van der Waals surface area (Å²) in [6.45, 7) is 1.47. The van der Waals surface area contributed by atoms with E-state index in [2.05, 4.69) is 22.1 Å². The fourth-order valence-corrected chi connectivity index (χ4v) is 3.83. The number of primary amides is 1. The lowest BCUT2D eigenvalue weighted by Crippen LogP contribution is -2.30. The van der Waals surface area contributed by atoms with Gasteiger partial charge in [0.2, 0.25) is 5.91 Å². The van der Waals surface area contributed by atoms with E-state index in [1.54, 1.807) is 0 Å². The second kappa shape index (κ2) is 7.48. The fraction of sp³-hybridized carbons (Fsp3) is 0.333. The number of carbonyl (C=O) groups excluding carboxylic acids is 1. The molecule has 140 valence electrons. The van der Waals surface area contributed by atoms with Gasteiger partial charge in [-0.3, -0.25) is 9.69 Å². The van der Waals surface area contributed by atoms with Crippen molar-refractivity contribution in [2.45, 2.75) is 31.8 Å². The molecular formula is C21H23FN4O. The van der Waals surface area contributed by atoms with Crippen LogP contribution in [0.3, 0.4) is 0 Å². The van der Waals surface area contributed by atoms with Gasteiger partial charge < -0.3 is 5.73 Å². The molecule has 1 saturated heterocycles. The van der Waals surface area contributed by atoms with Crippen LogP contribution in [0.15, 0.2) is 48.7 Å². The molecule has 6 heteroatoms. The second-order valence-electron chi connectivity index (χ2n) is 7.16. The Morgan fingerprint density at radius 2 is 2.04 bits per heavy atom. The summed E-state index contributed by atoms with van der Waals surface area (Å²) >= 11 is 0. The summed E-state index contributed by atoms with van der Waals surface area (Å²) in [5.41, 5.74) is 9.08. The number of nitrogens with zero attached hydrogens (tertiary/aromatic N) is 3. The predicted octanol–water partition coefficient (Wildman–Crippen LogP) is 2.99. The van der Waals surface area contributed by atoms with E-state index in [1.165, 1.54) is 5.56 Å². The number of nitrogens with two attached hydrogens (primary N) is 1. The van der Waals surface area contributed by atoms with Crippen molar-refractivity contribution in [3.8, 4) is 5.69 Å². The Hall–Kier alpha value is -2.73. The smallest absolute Gasteiger partial charge is 0.221 e. The highest BCUT2D eigenvalue weighted by Gasteiger charge is 2.24. The summed E-state index contributed by atoms with van der Waals surface area (Å²) in [4.78, 5) is 13.5. The van der Waals surface area contributed by atoms with Gasteiger partial charge in [-0.1, -0.05) is 30.3 Å². The van der Waals surface area contributed by atoms with Crippen LogP contribution in [0.1, 0.15) is 24.0 Å². The highest BCUT2D eigenvalue weighted by atomic mass is 19.1. The lowest BCUT2D eigenvalue weighted by Gasteiger charge is -2.22. The lowest BCUT2D eigenvalue weighted by molar-refractivity contribution is -0.117. The first-order valence-corrected chi connectivity index (χ1v) is 9.29. The van der Waals surface area contributed by atoms with Crippen LogP contribution in [0, 0.1) is 0 Å². The van der Waals surface area contributed by atoms with Gasteiger partial charge in [-0.2, -0.15) is 5.10 Å². The van der Waals surface area contributed by atoms with Crippen LogP contribution in [-0.4, -0.2) is 39.8 Å². The normalized spacial score (nSPS) is 17.6. The molecule has 1 atom stereocenters. The van der Waals surface area contributed by atoms with Crippen LogP contribution in [0.25, 0.3) is 16.6 Å². The monoisotopic (exact) mass is 366 g/mol.